The Balaban J connectivity index is 1.61. The van der Waals surface area contributed by atoms with E-state index in [9.17, 15) is 0 Å². The van der Waals surface area contributed by atoms with Gasteiger partial charge in [-0.2, -0.15) is 0 Å². The Morgan fingerprint density at radius 2 is 2.10 bits per heavy atom. The van der Waals surface area contributed by atoms with Crippen molar-refractivity contribution in [1.29, 1.82) is 0 Å². The van der Waals surface area contributed by atoms with Crippen LogP contribution in [0.25, 0.3) is 5.69 Å². The second kappa shape index (κ2) is 4.41. The minimum atomic E-state index is 0.286. The summed E-state index contributed by atoms with van der Waals surface area (Å²) in [7, 11) is 0. The highest BCUT2D eigenvalue weighted by Crippen LogP contribution is 2.33. The summed E-state index contributed by atoms with van der Waals surface area (Å²) >= 11 is 0. The first-order valence-electron chi connectivity index (χ1n) is 6.27. The third-order valence-electron chi connectivity index (χ3n) is 3.19. The Morgan fingerprint density at radius 1 is 1.15 bits per heavy atom. The molecule has 4 rings (SSSR count). The highest BCUT2D eigenvalue weighted by atomic mass is 16.7. The van der Waals surface area contributed by atoms with Gasteiger partial charge in [-0.1, -0.05) is 0 Å². The van der Waals surface area contributed by atoms with E-state index in [4.69, 9.17) is 9.47 Å². The SMILES string of the molecule is c1cn(Cc2cn(-c3ccc4c(c3)OCO4)cn2)cn1. The number of hydrogen-bond donors (Lipinski definition) is 0. The third-order valence-corrected chi connectivity index (χ3v) is 3.19. The molecule has 0 fully saturated rings. The molecule has 3 heterocycles. The Labute approximate surface area is 115 Å². The zero-order valence-corrected chi connectivity index (χ0v) is 10.6. The lowest BCUT2D eigenvalue weighted by Gasteiger charge is -2.03. The number of benzene rings is 1. The molecule has 3 aromatic rings. The van der Waals surface area contributed by atoms with E-state index in [-0.39, 0.29) is 6.79 Å². The first-order valence-corrected chi connectivity index (χ1v) is 6.27. The van der Waals surface area contributed by atoms with Crippen molar-refractivity contribution >= 4 is 0 Å². The first kappa shape index (κ1) is 11.1. The van der Waals surface area contributed by atoms with Gasteiger partial charge in [0.1, 0.15) is 0 Å². The molecule has 0 N–H and O–H groups in total. The molecule has 0 radical (unpaired) electrons. The standard InChI is InChI=1S/C14H12N4O2/c1-2-13-14(20-10-19-13)5-12(1)18-7-11(16-9-18)6-17-4-3-15-8-17/h1-5,7-9H,6,10H2. The molecular formula is C14H12N4O2. The number of nitrogens with zero attached hydrogens (tertiary/aromatic N) is 4. The molecule has 6 nitrogen and oxygen atoms in total. The van der Waals surface area contributed by atoms with Crippen LogP contribution in [0.1, 0.15) is 5.69 Å². The highest BCUT2D eigenvalue weighted by Gasteiger charge is 2.14. The van der Waals surface area contributed by atoms with Crippen LogP contribution in [0.4, 0.5) is 0 Å². The highest BCUT2D eigenvalue weighted by molar-refractivity contribution is 5.50. The minimum Gasteiger partial charge on any atom is -0.454 e. The van der Waals surface area contributed by atoms with Gasteiger partial charge in [0.2, 0.25) is 6.79 Å². The number of aromatic nitrogens is 4. The molecule has 0 saturated heterocycles. The lowest BCUT2D eigenvalue weighted by molar-refractivity contribution is 0.174. The minimum absolute atomic E-state index is 0.286. The van der Waals surface area contributed by atoms with Gasteiger partial charge in [0.05, 0.1) is 30.6 Å². The van der Waals surface area contributed by atoms with Gasteiger partial charge in [0.25, 0.3) is 0 Å². The van der Waals surface area contributed by atoms with Crippen LogP contribution in [0.3, 0.4) is 0 Å². The molecule has 6 heteroatoms. The molecule has 0 bridgehead atoms. The van der Waals surface area contributed by atoms with Crippen LogP contribution in [-0.2, 0) is 6.54 Å². The molecule has 1 aliphatic heterocycles. The van der Waals surface area contributed by atoms with Crippen molar-refractivity contribution in [3.8, 4) is 17.2 Å². The fraction of sp³-hybridized carbons (Fsp3) is 0.143. The van der Waals surface area contributed by atoms with Crippen LogP contribution in [0, 0.1) is 0 Å². The lowest BCUT2D eigenvalue weighted by Crippen LogP contribution is -1.96. The molecule has 0 amide bonds. The van der Waals surface area contributed by atoms with Crippen LogP contribution < -0.4 is 9.47 Å². The summed E-state index contributed by atoms with van der Waals surface area (Å²) in [6, 6.07) is 5.84. The fourth-order valence-electron chi connectivity index (χ4n) is 2.20. The largest absolute Gasteiger partial charge is 0.454 e. The van der Waals surface area contributed by atoms with E-state index < -0.39 is 0 Å². The molecule has 0 spiro atoms. The number of ether oxygens (including phenoxy) is 2. The molecule has 0 atom stereocenters. The van der Waals surface area contributed by atoms with E-state index in [1.807, 2.05) is 39.7 Å². The van der Waals surface area contributed by atoms with Crippen molar-refractivity contribution in [3.63, 3.8) is 0 Å². The van der Waals surface area contributed by atoms with E-state index in [1.54, 1.807) is 18.9 Å². The predicted octanol–water partition coefficient (Wildman–Crippen LogP) is 1.85. The van der Waals surface area contributed by atoms with E-state index >= 15 is 0 Å². The summed E-state index contributed by atoms with van der Waals surface area (Å²) in [6.07, 6.45) is 9.25. The smallest absolute Gasteiger partial charge is 0.231 e. The molecular weight excluding hydrogens is 256 g/mol. The fourth-order valence-corrected chi connectivity index (χ4v) is 2.20. The molecule has 20 heavy (non-hydrogen) atoms. The number of hydrogen-bond acceptors (Lipinski definition) is 4. The summed E-state index contributed by atoms with van der Waals surface area (Å²) < 4.78 is 14.6. The average molecular weight is 268 g/mol. The molecule has 0 unspecified atom stereocenters. The average Bonchev–Trinajstić information content (AvgIpc) is 3.19. The van der Waals surface area contributed by atoms with Crippen LogP contribution >= 0.6 is 0 Å². The van der Waals surface area contributed by atoms with Gasteiger partial charge < -0.3 is 18.6 Å². The number of fused-ring (bicyclic) bond motifs is 1. The van der Waals surface area contributed by atoms with Crippen LogP contribution in [0.15, 0.2) is 49.4 Å². The number of rotatable bonds is 3. The summed E-state index contributed by atoms with van der Waals surface area (Å²) in [4.78, 5) is 8.42. The molecule has 1 aliphatic rings. The van der Waals surface area contributed by atoms with Gasteiger partial charge in [0.15, 0.2) is 11.5 Å². The van der Waals surface area contributed by atoms with Gasteiger partial charge in [-0.15, -0.1) is 0 Å². The van der Waals surface area contributed by atoms with Gasteiger partial charge >= 0.3 is 0 Å². The Kier molecular flexibility index (Phi) is 2.45. The summed E-state index contributed by atoms with van der Waals surface area (Å²) in [6.45, 7) is 0.992. The monoisotopic (exact) mass is 268 g/mol. The second-order valence-electron chi connectivity index (χ2n) is 4.54. The normalized spacial score (nSPS) is 12.8. The van der Waals surface area contributed by atoms with E-state index in [0.717, 1.165) is 22.9 Å². The van der Waals surface area contributed by atoms with Crippen LogP contribution in [0.5, 0.6) is 11.5 Å². The van der Waals surface area contributed by atoms with Crippen molar-refractivity contribution in [2.45, 2.75) is 6.54 Å². The Morgan fingerprint density at radius 3 is 3.00 bits per heavy atom. The Bertz CT molecular complexity index is 733. The maximum absolute atomic E-state index is 5.38. The molecule has 1 aromatic carbocycles. The lowest BCUT2D eigenvalue weighted by atomic mass is 10.3. The van der Waals surface area contributed by atoms with Gasteiger partial charge in [-0.25, -0.2) is 9.97 Å². The van der Waals surface area contributed by atoms with E-state index in [0.29, 0.717) is 6.54 Å². The van der Waals surface area contributed by atoms with E-state index in [2.05, 4.69) is 9.97 Å². The second-order valence-corrected chi connectivity index (χ2v) is 4.54. The number of imidazole rings is 2. The van der Waals surface area contributed by atoms with Gasteiger partial charge in [-0.3, -0.25) is 0 Å². The summed E-state index contributed by atoms with van der Waals surface area (Å²) in [5.41, 5.74) is 1.97. The van der Waals surface area contributed by atoms with Crippen molar-refractivity contribution in [3.05, 3.63) is 55.1 Å². The van der Waals surface area contributed by atoms with Crippen molar-refractivity contribution in [2.75, 3.05) is 6.79 Å². The predicted molar refractivity (Wildman–Crippen MR) is 71.0 cm³/mol. The zero-order chi connectivity index (χ0) is 13.4. The van der Waals surface area contributed by atoms with Gasteiger partial charge in [-0.05, 0) is 12.1 Å². The third kappa shape index (κ3) is 1.91. The van der Waals surface area contributed by atoms with Crippen molar-refractivity contribution in [1.82, 2.24) is 19.1 Å². The van der Waals surface area contributed by atoms with E-state index in [1.165, 1.54) is 0 Å². The van der Waals surface area contributed by atoms with Crippen molar-refractivity contribution < 1.29 is 9.47 Å². The molecule has 0 saturated carbocycles. The maximum Gasteiger partial charge on any atom is 0.231 e. The molecule has 0 aliphatic carbocycles. The van der Waals surface area contributed by atoms with Crippen LogP contribution in [-0.4, -0.2) is 25.9 Å². The maximum atomic E-state index is 5.38. The van der Waals surface area contributed by atoms with Crippen LogP contribution in [0.2, 0.25) is 0 Å². The molecule has 100 valence electrons. The summed E-state index contributed by atoms with van der Waals surface area (Å²) in [5.74, 6) is 1.56. The van der Waals surface area contributed by atoms with Crippen molar-refractivity contribution in [2.24, 2.45) is 0 Å². The quantitative estimate of drug-likeness (QED) is 0.727. The van der Waals surface area contributed by atoms with Gasteiger partial charge in [0, 0.05) is 24.7 Å². The Hall–Kier alpha value is -2.76. The first-order chi connectivity index (χ1) is 9.88. The zero-order valence-electron chi connectivity index (χ0n) is 10.6. The topological polar surface area (TPSA) is 54.1 Å². The summed E-state index contributed by atoms with van der Waals surface area (Å²) in [5, 5.41) is 0. The molecule has 2 aromatic heterocycles.